The molecule has 27 heavy (non-hydrogen) atoms. The highest BCUT2D eigenvalue weighted by Gasteiger charge is 2.32. The second kappa shape index (κ2) is 8.28. The first-order valence-electron chi connectivity index (χ1n) is 9.22. The Morgan fingerprint density at radius 1 is 1.19 bits per heavy atom. The second-order valence-electron chi connectivity index (χ2n) is 6.99. The zero-order valence-corrected chi connectivity index (χ0v) is 15.7. The Hall–Kier alpha value is -2.77. The molecule has 4 heteroatoms. The van der Waals surface area contributed by atoms with Gasteiger partial charge in [0.15, 0.2) is 0 Å². The lowest BCUT2D eigenvalue weighted by atomic mass is 9.79. The van der Waals surface area contributed by atoms with Crippen LogP contribution in [0.15, 0.2) is 42.5 Å². The Morgan fingerprint density at radius 2 is 1.89 bits per heavy atom. The highest BCUT2D eigenvalue weighted by Crippen LogP contribution is 2.38. The maximum Gasteiger partial charge on any atom is 0.335 e. The molecule has 1 unspecified atom stereocenters. The molecular formula is C23H24O4. The lowest BCUT2D eigenvalue weighted by molar-refractivity contribution is 0.0697. The minimum Gasteiger partial charge on any atom is -0.493 e. The molecule has 0 saturated carbocycles. The average molecular weight is 364 g/mol. The summed E-state index contributed by atoms with van der Waals surface area (Å²) in [6.45, 7) is 6.32. The van der Waals surface area contributed by atoms with Crippen molar-refractivity contribution in [3.8, 4) is 17.6 Å². The molecule has 0 bridgehead atoms. The van der Waals surface area contributed by atoms with Crippen LogP contribution in [0, 0.1) is 11.8 Å². The molecule has 0 aromatic heterocycles. The van der Waals surface area contributed by atoms with Gasteiger partial charge in [-0.2, -0.15) is 0 Å². The van der Waals surface area contributed by atoms with Crippen LogP contribution >= 0.6 is 0 Å². The zero-order valence-electron chi connectivity index (χ0n) is 15.7. The fraction of sp³-hybridized carbons (Fsp3) is 0.348. The van der Waals surface area contributed by atoms with E-state index in [-0.39, 0.29) is 11.0 Å². The second-order valence-corrected chi connectivity index (χ2v) is 6.99. The molecule has 0 fully saturated rings. The number of rotatable bonds is 4. The Balaban J connectivity index is 1.85. The van der Waals surface area contributed by atoms with Crippen molar-refractivity contribution in [3.63, 3.8) is 0 Å². The lowest BCUT2D eigenvalue weighted by Gasteiger charge is -2.29. The van der Waals surface area contributed by atoms with Gasteiger partial charge in [-0.05, 0) is 56.2 Å². The molecular weight excluding hydrogens is 340 g/mol. The number of ether oxygens (including phenoxy) is 2. The van der Waals surface area contributed by atoms with Gasteiger partial charge in [-0.25, -0.2) is 4.79 Å². The van der Waals surface area contributed by atoms with E-state index in [4.69, 9.17) is 14.6 Å². The van der Waals surface area contributed by atoms with Crippen LogP contribution in [0.4, 0.5) is 0 Å². The van der Waals surface area contributed by atoms with Crippen molar-refractivity contribution < 1.29 is 19.4 Å². The van der Waals surface area contributed by atoms with E-state index in [0.29, 0.717) is 19.8 Å². The first-order chi connectivity index (χ1) is 13.0. The lowest BCUT2D eigenvalue weighted by Crippen LogP contribution is -2.28. The molecule has 1 heterocycles. The van der Waals surface area contributed by atoms with E-state index < -0.39 is 5.97 Å². The predicted octanol–water partition coefficient (Wildman–Crippen LogP) is 4.25. The van der Waals surface area contributed by atoms with E-state index in [0.717, 1.165) is 29.7 Å². The highest BCUT2D eigenvalue weighted by atomic mass is 16.5. The molecule has 4 nitrogen and oxygen atoms in total. The third-order valence-electron chi connectivity index (χ3n) is 4.87. The number of carboxylic acid groups (broad SMARTS) is 1. The topological polar surface area (TPSA) is 55.8 Å². The number of carboxylic acids is 1. The minimum atomic E-state index is -0.937. The molecule has 1 atom stereocenters. The van der Waals surface area contributed by atoms with Crippen LogP contribution in [-0.4, -0.2) is 30.9 Å². The third kappa shape index (κ3) is 4.50. The van der Waals surface area contributed by atoms with Crippen molar-refractivity contribution in [2.24, 2.45) is 0 Å². The summed E-state index contributed by atoms with van der Waals surface area (Å²) >= 11 is 0. The van der Waals surface area contributed by atoms with Gasteiger partial charge in [-0.3, -0.25) is 0 Å². The molecule has 0 spiro atoms. The van der Waals surface area contributed by atoms with E-state index in [9.17, 15) is 4.79 Å². The van der Waals surface area contributed by atoms with Gasteiger partial charge >= 0.3 is 5.97 Å². The Labute approximate surface area is 160 Å². The molecule has 1 aliphatic heterocycles. The number of fused-ring (bicyclic) bond motifs is 1. The van der Waals surface area contributed by atoms with Crippen LogP contribution in [0.1, 0.15) is 53.7 Å². The third-order valence-corrected chi connectivity index (χ3v) is 4.87. The monoisotopic (exact) mass is 364 g/mol. The molecule has 3 rings (SSSR count). The van der Waals surface area contributed by atoms with Gasteiger partial charge in [0.1, 0.15) is 5.75 Å². The van der Waals surface area contributed by atoms with Crippen molar-refractivity contribution in [1.29, 1.82) is 0 Å². The summed E-state index contributed by atoms with van der Waals surface area (Å²) in [6.07, 6.45) is 2.02. The van der Waals surface area contributed by atoms with Gasteiger partial charge in [0.2, 0.25) is 0 Å². The van der Waals surface area contributed by atoms with Crippen LogP contribution in [0.5, 0.6) is 5.75 Å². The summed E-state index contributed by atoms with van der Waals surface area (Å²) in [5, 5.41) is 8.96. The molecule has 140 valence electrons. The van der Waals surface area contributed by atoms with Crippen LogP contribution in [0.2, 0.25) is 0 Å². The van der Waals surface area contributed by atoms with Gasteiger partial charge in [-0.1, -0.05) is 24.8 Å². The number of carbonyl (C=O) groups is 1. The van der Waals surface area contributed by atoms with Crippen molar-refractivity contribution in [2.45, 2.75) is 32.1 Å². The van der Waals surface area contributed by atoms with Gasteiger partial charge < -0.3 is 14.6 Å². The largest absolute Gasteiger partial charge is 0.493 e. The molecule has 0 aliphatic carbocycles. The van der Waals surface area contributed by atoms with Crippen molar-refractivity contribution in [2.75, 3.05) is 19.8 Å². The summed E-state index contributed by atoms with van der Waals surface area (Å²) in [4.78, 5) is 10.9. The quantitative estimate of drug-likeness (QED) is 0.824. The van der Waals surface area contributed by atoms with E-state index in [1.54, 1.807) is 24.3 Å². The Kier molecular flexibility index (Phi) is 5.83. The van der Waals surface area contributed by atoms with E-state index in [1.165, 1.54) is 5.56 Å². The molecule has 0 radical (unpaired) electrons. The van der Waals surface area contributed by atoms with Crippen LogP contribution in [0.25, 0.3) is 0 Å². The normalized spacial score (nSPS) is 18.4. The van der Waals surface area contributed by atoms with Crippen LogP contribution < -0.4 is 4.74 Å². The van der Waals surface area contributed by atoms with Crippen molar-refractivity contribution >= 4 is 5.97 Å². The maximum absolute atomic E-state index is 10.9. The van der Waals surface area contributed by atoms with Crippen LogP contribution in [0.3, 0.4) is 0 Å². The minimum absolute atomic E-state index is 0.0551. The smallest absolute Gasteiger partial charge is 0.335 e. The molecule has 1 N–H and O–H groups in total. The summed E-state index contributed by atoms with van der Waals surface area (Å²) in [5.41, 5.74) is 3.02. The SMILES string of the molecule is CCOCC1(C)CCCOc2cc(C#Cc3ccc(C(=O)O)cc3)ccc21. The maximum atomic E-state index is 10.9. The van der Waals surface area contributed by atoms with E-state index in [2.05, 4.69) is 24.8 Å². The standard InChI is InChI=1S/C23H24O4/c1-3-26-16-23(2)13-4-14-27-21-15-18(9-12-20(21)23)6-5-17-7-10-19(11-8-17)22(24)25/h7-12,15H,3-4,13-14,16H2,1-2H3,(H,24,25). The molecule has 2 aromatic rings. The average Bonchev–Trinajstić information content (AvgIpc) is 2.84. The molecule has 0 saturated heterocycles. The number of hydrogen-bond acceptors (Lipinski definition) is 3. The predicted molar refractivity (Wildman–Crippen MR) is 104 cm³/mol. The van der Waals surface area contributed by atoms with Crippen molar-refractivity contribution in [1.82, 2.24) is 0 Å². The first-order valence-corrected chi connectivity index (χ1v) is 9.22. The molecule has 1 aliphatic rings. The Bertz CT molecular complexity index is 873. The summed E-state index contributed by atoms with van der Waals surface area (Å²) in [5.74, 6) is 6.16. The number of hydrogen-bond donors (Lipinski definition) is 1. The van der Waals surface area contributed by atoms with E-state index >= 15 is 0 Å². The molecule has 0 amide bonds. The summed E-state index contributed by atoms with van der Waals surface area (Å²) in [7, 11) is 0. The zero-order chi connectivity index (χ0) is 19.3. The van der Waals surface area contributed by atoms with Gasteiger partial charge in [0, 0.05) is 28.7 Å². The van der Waals surface area contributed by atoms with Crippen molar-refractivity contribution in [3.05, 3.63) is 64.7 Å². The van der Waals surface area contributed by atoms with Gasteiger partial charge in [-0.15, -0.1) is 0 Å². The number of benzene rings is 2. The summed E-state index contributed by atoms with van der Waals surface area (Å²) < 4.78 is 11.7. The molecule has 2 aromatic carbocycles. The fourth-order valence-corrected chi connectivity index (χ4v) is 3.31. The van der Waals surface area contributed by atoms with Gasteiger partial charge in [0.25, 0.3) is 0 Å². The Morgan fingerprint density at radius 3 is 2.59 bits per heavy atom. The van der Waals surface area contributed by atoms with E-state index in [1.807, 2.05) is 19.1 Å². The fourth-order valence-electron chi connectivity index (χ4n) is 3.31. The summed E-state index contributed by atoms with van der Waals surface area (Å²) in [6, 6.07) is 12.7. The highest BCUT2D eigenvalue weighted by molar-refractivity contribution is 5.87. The number of aromatic carboxylic acids is 1. The van der Waals surface area contributed by atoms with Crippen LogP contribution in [-0.2, 0) is 10.2 Å². The van der Waals surface area contributed by atoms with Gasteiger partial charge in [0.05, 0.1) is 18.8 Å². The first kappa shape index (κ1) is 19.0.